The van der Waals surface area contributed by atoms with E-state index in [9.17, 15) is 14.7 Å². The molecule has 2 aliphatic heterocycles. The van der Waals surface area contributed by atoms with Gasteiger partial charge in [-0.3, -0.25) is 14.0 Å². The van der Waals surface area contributed by atoms with Gasteiger partial charge in [-0.05, 0) is 25.0 Å². The van der Waals surface area contributed by atoms with Gasteiger partial charge in [0.1, 0.15) is 0 Å². The van der Waals surface area contributed by atoms with Crippen LogP contribution in [0.4, 0.5) is 5.95 Å². The first-order chi connectivity index (χ1) is 11.1. The molecular weight excluding hydrogens is 298 g/mol. The van der Waals surface area contributed by atoms with Crippen LogP contribution in [0.2, 0.25) is 0 Å². The van der Waals surface area contributed by atoms with E-state index in [1.807, 2.05) is 28.8 Å². The van der Waals surface area contributed by atoms with Crippen molar-refractivity contribution in [2.45, 2.75) is 24.8 Å². The minimum absolute atomic E-state index is 0.0726. The molecule has 2 aromatic heterocycles. The fourth-order valence-electron chi connectivity index (χ4n) is 3.74. The third-order valence-electron chi connectivity index (χ3n) is 4.98. The van der Waals surface area contributed by atoms with Crippen molar-refractivity contribution in [2.24, 2.45) is 5.92 Å². The molecule has 23 heavy (non-hydrogen) atoms. The monoisotopic (exact) mass is 315 g/mol. The highest BCUT2D eigenvalue weighted by Gasteiger charge is 2.51. The van der Waals surface area contributed by atoms with E-state index in [0.717, 1.165) is 11.6 Å². The molecule has 4 heterocycles. The molecule has 2 N–H and O–H groups in total. The molecule has 4 rings (SSSR count). The van der Waals surface area contributed by atoms with Crippen molar-refractivity contribution in [2.75, 3.05) is 18.0 Å². The Morgan fingerprint density at radius 3 is 2.83 bits per heavy atom. The second-order valence-corrected chi connectivity index (χ2v) is 6.22. The van der Waals surface area contributed by atoms with Crippen LogP contribution in [0.25, 0.3) is 5.65 Å². The summed E-state index contributed by atoms with van der Waals surface area (Å²) in [4.78, 5) is 25.3. The van der Waals surface area contributed by atoms with Crippen molar-refractivity contribution in [3.63, 3.8) is 0 Å². The van der Waals surface area contributed by atoms with Crippen molar-refractivity contribution < 1.29 is 14.7 Å². The largest absolute Gasteiger partial charge is 0.481 e. The summed E-state index contributed by atoms with van der Waals surface area (Å²) in [6, 6.07) is 5.72. The lowest BCUT2D eigenvalue weighted by atomic mass is 9.78. The molecule has 120 valence electrons. The first kappa shape index (κ1) is 14.0. The van der Waals surface area contributed by atoms with E-state index in [1.54, 1.807) is 0 Å². The Balaban J connectivity index is 1.57. The molecule has 0 saturated carbocycles. The Kier molecular flexibility index (Phi) is 3.00. The first-order valence-corrected chi connectivity index (χ1v) is 7.68. The molecule has 0 bridgehead atoms. The van der Waals surface area contributed by atoms with Gasteiger partial charge in [0.25, 0.3) is 0 Å². The number of aliphatic carboxylic acids is 1. The predicted molar refractivity (Wildman–Crippen MR) is 81.1 cm³/mol. The van der Waals surface area contributed by atoms with E-state index in [0.29, 0.717) is 25.9 Å². The summed E-state index contributed by atoms with van der Waals surface area (Å²) in [5, 5.41) is 20.7. The zero-order valence-electron chi connectivity index (χ0n) is 12.5. The first-order valence-electron chi connectivity index (χ1n) is 7.68. The van der Waals surface area contributed by atoms with E-state index in [4.69, 9.17) is 0 Å². The Bertz CT molecular complexity index is 778. The molecule has 8 heteroatoms. The lowest BCUT2D eigenvalue weighted by molar-refractivity contribution is -0.144. The van der Waals surface area contributed by atoms with Crippen LogP contribution < -0.4 is 10.2 Å². The lowest BCUT2D eigenvalue weighted by Crippen LogP contribution is -2.56. The number of carbonyl (C=O) groups excluding carboxylic acids is 1. The van der Waals surface area contributed by atoms with E-state index >= 15 is 0 Å². The van der Waals surface area contributed by atoms with Crippen LogP contribution >= 0.6 is 0 Å². The minimum Gasteiger partial charge on any atom is -0.481 e. The maximum Gasteiger partial charge on any atom is 0.309 e. The van der Waals surface area contributed by atoms with Crippen molar-refractivity contribution in [3.05, 3.63) is 24.4 Å². The van der Waals surface area contributed by atoms with Gasteiger partial charge in [-0.1, -0.05) is 6.07 Å². The third-order valence-corrected chi connectivity index (χ3v) is 4.98. The van der Waals surface area contributed by atoms with Crippen LogP contribution in [0.3, 0.4) is 0 Å². The van der Waals surface area contributed by atoms with Crippen LogP contribution in [-0.2, 0) is 9.59 Å². The number of piperidine rings is 1. The molecule has 1 atom stereocenters. The number of carbonyl (C=O) groups is 2. The van der Waals surface area contributed by atoms with Gasteiger partial charge in [-0.25, -0.2) is 0 Å². The number of amides is 1. The van der Waals surface area contributed by atoms with Gasteiger partial charge in [-0.2, -0.15) is 0 Å². The predicted octanol–water partition coefficient (Wildman–Crippen LogP) is 0.289. The number of carboxylic acids is 1. The van der Waals surface area contributed by atoms with Gasteiger partial charge in [0.2, 0.25) is 11.9 Å². The number of anilines is 1. The van der Waals surface area contributed by atoms with Crippen molar-refractivity contribution in [1.29, 1.82) is 0 Å². The van der Waals surface area contributed by atoms with Crippen molar-refractivity contribution in [3.8, 4) is 0 Å². The Morgan fingerprint density at radius 1 is 1.30 bits per heavy atom. The maximum absolute atomic E-state index is 11.7. The molecule has 1 amide bonds. The molecule has 2 aliphatic rings. The molecule has 1 unspecified atom stereocenters. The summed E-state index contributed by atoms with van der Waals surface area (Å²) in [6.45, 7) is 1.28. The number of hydrogen-bond acceptors (Lipinski definition) is 5. The third kappa shape index (κ3) is 2.13. The molecule has 2 aromatic rings. The normalized spacial score (nSPS) is 23.4. The van der Waals surface area contributed by atoms with Crippen LogP contribution in [0.15, 0.2) is 24.4 Å². The van der Waals surface area contributed by atoms with E-state index < -0.39 is 17.4 Å². The van der Waals surface area contributed by atoms with Crippen LogP contribution in [0, 0.1) is 5.92 Å². The van der Waals surface area contributed by atoms with Crippen LogP contribution in [0.1, 0.15) is 19.3 Å². The zero-order valence-corrected chi connectivity index (χ0v) is 12.5. The van der Waals surface area contributed by atoms with Crippen LogP contribution in [0.5, 0.6) is 0 Å². The van der Waals surface area contributed by atoms with Crippen molar-refractivity contribution >= 4 is 23.5 Å². The Hall–Kier alpha value is -2.64. The fraction of sp³-hybridized carbons (Fsp3) is 0.467. The van der Waals surface area contributed by atoms with Gasteiger partial charge < -0.3 is 15.3 Å². The van der Waals surface area contributed by atoms with E-state index in [2.05, 4.69) is 20.4 Å². The number of hydrogen-bond donors (Lipinski definition) is 2. The van der Waals surface area contributed by atoms with E-state index in [-0.39, 0.29) is 12.3 Å². The summed E-state index contributed by atoms with van der Waals surface area (Å²) in [5.41, 5.74) is 0.153. The Labute approximate surface area is 132 Å². The van der Waals surface area contributed by atoms with Gasteiger partial charge in [0.15, 0.2) is 5.65 Å². The van der Waals surface area contributed by atoms with Gasteiger partial charge in [0, 0.05) is 25.7 Å². The molecule has 0 radical (unpaired) electrons. The average Bonchev–Trinajstić information content (AvgIpc) is 3.10. The maximum atomic E-state index is 11.7. The SMILES string of the molecule is O=C1CC(C(=O)O)C2(CCN(c3nnc4ccccn34)CC2)N1. The van der Waals surface area contributed by atoms with Gasteiger partial charge in [0.05, 0.1) is 11.5 Å². The molecule has 2 fully saturated rings. The van der Waals surface area contributed by atoms with Gasteiger partial charge in [-0.15, -0.1) is 10.2 Å². The van der Waals surface area contributed by atoms with Crippen molar-refractivity contribution in [1.82, 2.24) is 19.9 Å². The molecule has 1 spiro atoms. The molecule has 0 aromatic carbocycles. The highest BCUT2D eigenvalue weighted by molar-refractivity contribution is 5.88. The molecule has 0 aliphatic carbocycles. The number of pyridine rings is 1. The topological polar surface area (TPSA) is 99.8 Å². The molecule has 2 saturated heterocycles. The number of nitrogens with zero attached hydrogens (tertiary/aromatic N) is 4. The number of fused-ring (bicyclic) bond motifs is 1. The number of nitrogens with one attached hydrogen (secondary N) is 1. The summed E-state index contributed by atoms with van der Waals surface area (Å²) < 4.78 is 1.92. The summed E-state index contributed by atoms with van der Waals surface area (Å²) in [7, 11) is 0. The highest BCUT2D eigenvalue weighted by Crippen LogP contribution is 2.37. The summed E-state index contributed by atoms with van der Waals surface area (Å²) in [6.07, 6.45) is 3.17. The molecule has 8 nitrogen and oxygen atoms in total. The zero-order chi connectivity index (χ0) is 16.0. The smallest absolute Gasteiger partial charge is 0.309 e. The number of carboxylic acid groups (broad SMARTS) is 1. The molecular formula is C15H17N5O3. The second-order valence-electron chi connectivity index (χ2n) is 6.22. The van der Waals surface area contributed by atoms with Crippen LogP contribution in [-0.4, -0.2) is 50.2 Å². The summed E-state index contributed by atoms with van der Waals surface area (Å²) in [5.74, 6) is -0.956. The average molecular weight is 315 g/mol. The Morgan fingerprint density at radius 2 is 2.09 bits per heavy atom. The number of rotatable bonds is 2. The van der Waals surface area contributed by atoms with E-state index in [1.165, 1.54) is 0 Å². The highest BCUT2D eigenvalue weighted by atomic mass is 16.4. The lowest BCUT2D eigenvalue weighted by Gasteiger charge is -2.41. The second kappa shape index (κ2) is 4.94. The van der Waals surface area contributed by atoms with Gasteiger partial charge >= 0.3 is 5.97 Å². The quantitative estimate of drug-likeness (QED) is 0.826. The number of aromatic nitrogens is 3. The minimum atomic E-state index is -0.898. The summed E-state index contributed by atoms with van der Waals surface area (Å²) >= 11 is 0. The fourth-order valence-corrected chi connectivity index (χ4v) is 3.74. The standard InChI is InChI=1S/C15H17N5O3/c21-12-9-10(13(22)23)15(16-12)4-7-19(8-5-15)14-18-17-11-3-1-2-6-20(11)14/h1-3,6,10H,4-5,7-9H2,(H,16,21)(H,22,23).